The standard InChI is InChI=1S/C20H32N2O3/c1-14(9-11-16-12-10-15(2)25-16)21-20(24)22-13-5-7-18(22)17-6-3-4-8-19(17)23/h10,12,14,17-19,23H,3-9,11,13H2,1-2H3,(H,21,24)/t14-,17-,18+,19+/m0/s1. The maximum atomic E-state index is 12.7. The van der Waals surface area contributed by atoms with E-state index in [9.17, 15) is 9.90 Å². The number of amides is 2. The van der Waals surface area contributed by atoms with E-state index in [1.165, 1.54) is 6.42 Å². The Morgan fingerprint density at radius 1 is 1.32 bits per heavy atom. The second-order valence-electron chi connectivity index (χ2n) is 7.82. The maximum Gasteiger partial charge on any atom is 0.317 e. The highest BCUT2D eigenvalue weighted by Crippen LogP contribution is 2.34. The highest BCUT2D eigenvalue weighted by atomic mass is 16.3. The number of nitrogens with one attached hydrogen (secondary N) is 1. The van der Waals surface area contributed by atoms with E-state index in [0.717, 1.165) is 63.0 Å². The van der Waals surface area contributed by atoms with Crippen LogP contribution in [0.2, 0.25) is 0 Å². The molecule has 5 heteroatoms. The summed E-state index contributed by atoms with van der Waals surface area (Å²) in [5.74, 6) is 2.16. The van der Waals surface area contributed by atoms with Crippen LogP contribution in [0.3, 0.4) is 0 Å². The molecule has 1 aliphatic heterocycles. The highest BCUT2D eigenvalue weighted by Gasteiger charge is 2.39. The monoisotopic (exact) mass is 348 g/mol. The smallest absolute Gasteiger partial charge is 0.317 e. The zero-order valence-corrected chi connectivity index (χ0v) is 15.5. The Morgan fingerprint density at radius 3 is 2.84 bits per heavy atom. The summed E-state index contributed by atoms with van der Waals surface area (Å²) >= 11 is 0. The second kappa shape index (κ2) is 8.26. The van der Waals surface area contributed by atoms with Gasteiger partial charge in [-0.3, -0.25) is 0 Å². The summed E-state index contributed by atoms with van der Waals surface area (Å²) in [6.07, 6.45) is 7.73. The zero-order chi connectivity index (χ0) is 17.8. The van der Waals surface area contributed by atoms with Gasteiger partial charge in [0, 0.05) is 31.0 Å². The van der Waals surface area contributed by atoms with Gasteiger partial charge in [-0.05, 0) is 58.1 Å². The zero-order valence-electron chi connectivity index (χ0n) is 15.5. The number of aliphatic hydroxyl groups is 1. The van der Waals surface area contributed by atoms with Crippen LogP contribution in [0.4, 0.5) is 4.79 Å². The minimum atomic E-state index is -0.244. The third kappa shape index (κ3) is 4.57. The molecule has 0 spiro atoms. The second-order valence-corrected chi connectivity index (χ2v) is 7.82. The van der Waals surface area contributed by atoms with Crippen LogP contribution in [-0.4, -0.2) is 40.8 Å². The normalized spacial score (nSPS) is 28.1. The van der Waals surface area contributed by atoms with Crippen LogP contribution in [0.1, 0.15) is 63.4 Å². The van der Waals surface area contributed by atoms with Crippen LogP contribution in [0, 0.1) is 12.8 Å². The van der Waals surface area contributed by atoms with E-state index in [1.54, 1.807) is 0 Å². The quantitative estimate of drug-likeness (QED) is 0.854. The van der Waals surface area contributed by atoms with Crippen molar-refractivity contribution in [2.45, 2.75) is 83.4 Å². The molecule has 1 aromatic heterocycles. The Bertz CT molecular complexity index is 571. The molecule has 5 nitrogen and oxygen atoms in total. The van der Waals surface area contributed by atoms with Gasteiger partial charge < -0.3 is 19.7 Å². The first-order valence-electron chi connectivity index (χ1n) is 9.85. The third-order valence-corrected chi connectivity index (χ3v) is 5.83. The molecule has 1 aliphatic carbocycles. The van der Waals surface area contributed by atoms with Crippen molar-refractivity contribution < 1.29 is 14.3 Å². The molecule has 2 aliphatic rings. The molecule has 0 bridgehead atoms. The summed E-state index contributed by atoms with van der Waals surface area (Å²) < 4.78 is 5.60. The number of hydrogen-bond donors (Lipinski definition) is 2. The first-order chi connectivity index (χ1) is 12.0. The molecule has 2 amide bonds. The number of aryl methyl sites for hydroxylation is 2. The van der Waals surface area contributed by atoms with Crippen LogP contribution in [-0.2, 0) is 6.42 Å². The fourth-order valence-corrected chi connectivity index (χ4v) is 4.42. The summed E-state index contributed by atoms with van der Waals surface area (Å²) in [7, 11) is 0. The number of aliphatic hydroxyl groups excluding tert-OH is 1. The molecule has 2 N–H and O–H groups in total. The lowest BCUT2D eigenvalue weighted by Crippen LogP contribution is -2.50. The van der Waals surface area contributed by atoms with E-state index >= 15 is 0 Å². The summed E-state index contributed by atoms with van der Waals surface area (Å²) in [5.41, 5.74) is 0. The fourth-order valence-electron chi connectivity index (χ4n) is 4.42. The van der Waals surface area contributed by atoms with Crippen molar-refractivity contribution in [3.05, 3.63) is 23.7 Å². The topological polar surface area (TPSA) is 65.7 Å². The molecule has 2 heterocycles. The molecule has 1 aromatic rings. The number of furan rings is 1. The average molecular weight is 348 g/mol. The van der Waals surface area contributed by atoms with Gasteiger partial charge in [0.1, 0.15) is 11.5 Å². The average Bonchev–Trinajstić information content (AvgIpc) is 3.22. The SMILES string of the molecule is Cc1ccc(CC[C@H](C)NC(=O)N2CCC[C@@H]2[C@@H]2CCCC[C@H]2O)o1. The molecule has 0 unspecified atom stereocenters. The van der Waals surface area contributed by atoms with Crippen LogP contribution in [0.15, 0.2) is 16.5 Å². The van der Waals surface area contributed by atoms with Crippen molar-refractivity contribution in [3.63, 3.8) is 0 Å². The first kappa shape index (κ1) is 18.3. The molecule has 2 fully saturated rings. The molecule has 3 rings (SSSR count). The van der Waals surface area contributed by atoms with Crippen molar-refractivity contribution in [2.75, 3.05) is 6.54 Å². The van der Waals surface area contributed by atoms with Gasteiger partial charge in [0.05, 0.1) is 6.10 Å². The molecule has 25 heavy (non-hydrogen) atoms. The van der Waals surface area contributed by atoms with Gasteiger partial charge in [-0.2, -0.15) is 0 Å². The summed E-state index contributed by atoms with van der Waals surface area (Å²) in [6, 6.07) is 4.32. The molecular formula is C20H32N2O3. The van der Waals surface area contributed by atoms with Gasteiger partial charge >= 0.3 is 6.03 Å². The summed E-state index contributed by atoms with van der Waals surface area (Å²) in [6.45, 7) is 4.81. The fraction of sp³-hybridized carbons (Fsp3) is 0.750. The van der Waals surface area contributed by atoms with Crippen molar-refractivity contribution >= 4 is 6.03 Å². The molecular weight excluding hydrogens is 316 g/mol. The van der Waals surface area contributed by atoms with Crippen molar-refractivity contribution in [1.82, 2.24) is 10.2 Å². The molecule has 4 atom stereocenters. The number of rotatable bonds is 5. The Kier molecular flexibility index (Phi) is 6.05. The minimum absolute atomic E-state index is 0.0309. The van der Waals surface area contributed by atoms with Crippen LogP contribution in [0.25, 0.3) is 0 Å². The molecule has 0 aromatic carbocycles. The Morgan fingerprint density at radius 2 is 2.12 bits per heavy atom. The molecule has 1 saturated carbocycles. The lowest BCUT2D eigenvalue weighted by molar-refractivity contribution is 0.0304. The number of carbonyl (C=O) groups is 1. The Labute approximate surface area is 150 Å². The Hall–Kier alpha value is -1.49. The van der Waals surface area contributed by atoms with Crippen LogP contribution >= 0.6 is 0 Å². The first-order valence-corrected chi connectivity index (χ1v) is 9.85. The summed E-state index contributed by atoms with van der Waals surface area (Å²) in [4.78, 5) is 14.7. The maximum absolute atomic E-state index is 12.7. The van der Waals surface area contributed by atoms with Crippen LogP contribution < -0.4 is 5.32 Å². The predicted octanol–water partition coefficient (Wildman–Crippen LogP) is 3.63. The van der Waals surface area contributed by atoms with Crippen LogP contribution in [0.5, 0.6) is 0 Å². The van der Waals surface area contributed by atoms with Gasteiger partial charge in [-0.25, -0.2) is 4.79 Å². The van der Waals surface area contributed by atoms with E-state index in [-0.39, 0.29) is 30.1 Å². The summed E-state index contributed by atoms with van der Waals surface area (Å²) in [5, 5.41) is 13.5. The number of likely N-dealkylation sites (tertiary alicyclic amines) is 1. The number of hydrogen-bond acceptors (Lipinski definition) is 3. The van der Waals surface area contributed by atoms with Crippen molar-refractivity contribution in [2.24, 2.45) is 5.92 Å². The van der Waals surface area contributed by atoms with Crippen molar-refractivity contribution in [3.8, 4) is 0 Å². The molecule has 0 radical (unpaired) electrons. The van der Waals surface area contributed by atoms with Crippen molar-refractivity contribution in [1.29, 1.82) is 0 Å². The van der Waals surface area contributed by atoms with E-state index in [4.69, 9.17) is 4.42 Å². The van der Waals surface area contributed by atoms with Gasteiger partial charge in [-0.15, -0.1) is 0 Å². The van der Waals surface area contributed by atoms with E-state index in [2.05, 4.69) is 5.32 Å². The lowest BCUT2D eigenvalue weighted by atomic mass is 9.80. The van der Waals surface area contributed by atoms with Gasteiger partial charge in [0.2, 0.25) is 0 Å². The van der Waals surface area contributed by atoms with E-state index < -0.39 is 0 Å². The van der Waals surface area contributed by atoms with Gasteiger partial charge in [-0.1, -0.05) is 12.8 Å². The van der Waals surface area contributed by atoms with Gasteiger partial charge in [0.25, 0.3) is 0 Å². The van der Waals surface area contributed by atoms with E-state index in [0.29, 0.717) is 0 Å². The molecule has 1 saturated heterocycles. The predicted molar refractivity (Wildman–Crippen MR) is 97.5 cm³/mol. The Balaban J connectivity index is 1.50. The number of nitrogens with zero attached hydrogens (tertiary/aromatic N) is 1. The highest BCUT2D eigenvalue weighted by molar-refractivity contribution is 5.75. The minimum Gasteiger partial charge on any atom is -0.466 e. The van der Waals surface area contributed by atoms with Gasteiger partial charge in [0.15, 0.2) is 0 Å². The number of urea groups is 1. The van der Waals surface area contributed by atoms with E-state index in [1.807, 2.05) is 30.9 Å². The largest absolute Gasteiger partial charge is 0.466 e. The molecule has 140 valence electrons. The lowest BCUT2D eigenvalue weighted by Gasteiger charge is -2.37. The number of carbonyl (C=O) groups excluding carboxylic acids is 1. The third-order valence-electron chi connectivity index (χ3n) is 5.83.